The number of aromatic amines is 1. The van der Waals surface area contributed by atoms with Crippen molar-refractivity contribution < 1.29 is 18.9 Å². The molecule has 11 nitrogen and oxygen atoms in total. The molecule has 12 heteroatoms. The van der Waals surface area contributed by atoms with Crippen molar-refractivity contribution in [1.29, 1.82) is 0 Å². The number of carbonyl (C=O) groups excluding carboxylic acids is 2. The highest BCUT2D eigenvalue weighted by Gasteiger charge is 2.13. The molecule has 3 rings (SSSR count). The second-order valence-corrected chi connectivity index (χ2v) is 6.83. The molecule has 1 aromatic carbocycles. The number of non-ortho nitro benzene ring substituents is 1. The van der Waals surface area contributed by atoms with Crippen LogP contribution in [0.2, 0.25) is 0 Å². The van der Waals surface area contributed by atoms with Crippen LogP contribution in [-0.2, 0) is 4.79 Å². The lowest BCUT2D eigenvalue weighted by Gasteiger charge is -2.06. The van der Waals surface area contributed by atoms with Gasteiger partial charge in [0.2, 0.25) is 11.1 Å². The molecule has 0 aliphatic carbocycles. The van der Waals surface area contributed by atoms with E-state index in [1.165, 1.54) is 18.2 Å². The predicted octanol–water partition coefficient (Wildman–Crippen LogP) is 2.34. The average molecular weight is 428 g/mol. The van der Waals surface area contributed by atoms with E-state index < -0.39 is 16.7 Å². The van der Waals surface area contributed by atoms with Gasteiger partial charge in [-0.1, -0.05) is 17.8 Å². The number of furan rings is 1. The van der Waals surface area contributed by atoms with E-state index in [1.807, 2.05) is 19.1 Å². The number of nitrogens with zero attached hydrogens (tertiary/aromatic N) is 3. The minimum atomic E-state index is -0.671. The summed E-state index contributed by atoms with van der Waals surface area (Å²) in [5, 5.41) is 17.8. The number of hydrazine groups is 1. The Morgan fingerprint density at radius 2 is 2.10 bits per heavy atom. The van der Waals surface area contributed by atoms with Crippen LogP contribution in [0, 0.1) is 17.0 Å². The first-order valence-corrected chi connectivity index (χ1v) is 9.52. The molecule has 0 unspecified atom stereocenters. The number of nitrogens with one attached hydrogen (secondary N) is 3. The minimum Gasteiger partial charge on any atom is -0.462 e. The normalized spacial score (nSPS) is 10.8. The van der Waals surface area contributed by atoms with Gasteiger partial charge in [0.05, 0.1) is 10.7 Å². The van der Waals surface area contributed by atoms with Gasteiger partial charge in [-0.25, -0.2) is 4.98 Å². The lowest BCUT2D eigenvalue weighted by atomic mass is 10.2. The van der Waals surface area contributed by atoms with Gasteiger partial charge in [0, 0.05) is 17.7 Å². The molecule has 0 saturated heterocycles. The van der Waals surface area contributed by atoms with Crippen LogP contribution in [0.3, 0.4) is 0 Å². The maximum absolute atomic E-state index is 12.0. The summed E-state index contributed by atoms with van der Waals surface area (Å²) in [6.07, 6.45) is 3.42. The van der Waals surface area contributed by atoms with Crippen molar-refractivity contribution in [3.8, 4) is 0 Å². The van der Waals surface area contributed by atoms with Crippen molar-refractivity contribution in [1.82, 2.24) is 26.0 Å². The number of aromatic nitrogens is 3. The highest BCUT2D eigenvalue weighted by molar-refractivity contribution is 7.99. The zero-order valence-corrected chi connectivity index (χ0v) is 16.4. The number of benzene rings is 1. The molecule has 0 saturated carbocycles. The Morgan fingerprint density at radius 3 is 2.83 bits per heavy atom. The average Bonchev–Trinajstić information content (AvgIpc) is 3.37. The Balaban J connectivity index is 1.45. The van der Waals surface area contributed by atoms with Gasteiger partial charge in [-0.05, 0) is 37.3 Å². The third-order valence-electron chi connectivity index (χ3n) is 3.62. The summed E-state index contributed by atoms with van der Waals surface area (Å²) in [4.78, 5) is 38.2. The maximum Gasteiger partial charge on any atom is 0.270 e. The molecule has 0 radical (unpaired) electrons. The van der Waals surface area contributed by atoms with Gasteiger partial charge in [-0.2, -0.15) is 0 Å². The van der Waals surface area contributed by atoms with Crippen molar-refractivity contribution in [2.45, 2.75) is 12.1 Å². The smallest absolute Gasteiger partial charge is 0.270 e. The maximum atomic E-state index is 12.0. The SMILES string of the molecule is Cc1ccc(/C=C/c2nc(SCC(=O)NNC(=O)c3cccc([N+](=O)[O-])c3)n[nH]2)o1. The Morgan fingerprint density at radius 1 is 1.27 bits per heavy atom. The first-order chi connectivity index (χ1) is 14.4. The van der Waals surface area contributed by atoms with E-state index in [0.29, 0.717) is 16.7 Å². The highest BCUT2D eigenvalue weighted by Crippen LogP contribution is 2.15. The van der Waals surface area contributed by atoms with Crippen LogP contribution < -0.4 is 10.9 Å². The summed E-state index contributed by atoms with van der Waals surface area (Å²) in [6, 6.07) is 8.83. The van der Waals surface area contributed by atoms with E-state index in [4.69, 9.17) is 4.42 Å². The van der Waals surface area contributed by atoms with Crippen molar-refractivity contribution >= 4 is 41.4 Å². The monoisotopic (exact) mass is 428 g/mol. The number of aryl methyl sites for hydroxylation is 1. The summed E-state index contributed by atoms with van der Waals surface area (Å²) >= 11 is 1.07. The third kappa shape index (κ3) is 5.78. The molecule has 2 aromatic heterocycles. The van der Waals surface area contributed by atoms with Crippen LogP contribution in [0.4, 0.5) is 5.69 Å². The van der Waals surface area contributed by atoms with Gasteiger partial charge >= 0.3 is 0 Å². The molecule has 154 valence electrons. The highest BCUT2D eigenvalue weighted by atomic mass is 32.2. The molecule has 0 aliphatic heterocycles. The fraction of sp³-hybridized carbons (Fsp3) is 0.111. The molecule has 0 fully saturated rings. The third-order valence-corrected chi connectivity index (χ3v) is 4.46. The number of H-pyrrole nitrogens is 1. The van der Waals surface area contributed by atoms with Crippen LogP contribution in [0.15, 0.2) is 46.0 Å². The lowest BCUT2D eigenvalue weighted by molar-refractivity contribution is -0.384. The van der Waals surface area contributed by atoms with Gasteiger partial charge in [-0.3, -0.25) is 35.7 Å². The molecular weight excluding hydrogens is 412 g/mol. The van der Waals surface area contributed by atoms with Crippen LogP contribution in [-0.4, -0.2) is 37.7 Å². The van der Waals surface area contributed by atoms with E-state index >= 15 is 0 Å². The number of thioether (sulfide) groups is 1. The quantitative estimate of drug-likeness (QED) is 0.294. The van der Waals surface area contributed by atoms with Crippen molar-refractivity contribution in [3.05, 3.63) is 69.4 Å². The Hall–Kier alpha value is -3.93. The fourth-order valence-corrected chi connectivity index (χ4v) is 2.83. The van der Waals surface area contributed by atoms with Crippen molar-refractivity contribution in [2.75, 3.05) is 5.75 Å². The molecule has 2 amide bonds. The molecule has 2 heterocycles. The molecule has 30 heavy (non-hydrogen) atoms. The molecule has 0 atom stereocenters. The standard InChI is InChI=1S/C18H16N6O5S/c1-11-5-6-14(29-11)7-8-15-19-18(23-20-15)30-10-16(25)21-22-17(26)12-3-2-4-13(9-12)24(27)28/h2-9H,10H2,1H3,(H,21,25)(H,22,26)(H,19,20,23)/b8-7+. The lowest BCUT2D eigenvalue weighted by Crippen LogP contribution is -2.42. The van der Waals surface area contributed by atoms with Gasteiger partial charge in [0.15, 0.2) is 0 Å². The topological polar surface area (TPSA) is 156 Å². The molecule has 0 aliphatic rings. The summed E-state index contributed by atoms with van der Waals surface area (Å²) in [7, 11) is 0. The Kier molecular flexibility index (Phi) is 6.60. The van der Waals surface area contributed by atoms with E-state index in [0.717, 1.165) is 23.6 Å². The number of nitro groups is 1. The van der Waals surface area contributed by atoms with Gasteiger partial charge in [0.25, 0.3) is 11.6 Å². The molecule has 3 N–H and O–H groups in total. The van der Waals surface area contributed by atoms with Crippen LogP contribution in [0.1, 0.15) is 27.7 Å². The Labute approximate surface area is 174 Å². The predicted molar refractivity (Wildman–Crippen MR) is 108 cm³/mol. The molecule has 3 aromatic rings. The van der Waals surface area contributed by atoms with E-state index in [-0.39, 0.29) is 17.0 Å². The largest absolute Gasteiger partial charge is 0.462 e. The molecule has 0 bridgehead atoms. The molecule has 0 spiro atoms. The van der Waals surface area contributed by atoms with E-state index in [2.05, 4.69) is 26.0 Å². The summed E-state index contributed by atoms with van der Waals surface area (Å²) in [5.41, 5.74) is 4.27. The van der Waals surface area contributed by atoms with Gasteiger partial charge in [0.1, 0.15) is 17.3 Å². The minimum absolute atomic E-state index is 0.0480. The van der Waals surface area contributed by atoms with E-state index in [1.54, 1.807) is 12.2 Å². The summed E-state index contributed by atoms with van der Waals surface area (Å²) in [6.45, 7) is 1.84. The van der Waals surface area contributed by atoms with Crippen LogP contribution in [0.5, 0.6) is 0 Å². The second-order valence-electron chi connectivity index (χ2n) is 5.88. The number of hydrogen-bond acceptors (Lipinski definition) is 8. The second kappa shape index (κ2) is 9.52. The van der Waals surface area contributed by atoms with Crippen molar-refractivity contribution in [2.24, 2.45) is 0 Å². The van der Waals surface area contributed by atoms with Gasteiger partial charge < -0.3 is 4.42 Å². The zero-order valence-electron chi connectivity index (χ0n) is 15.6. The fourth-order valence-electron chi connectivity index (χ4n) is 2.23. The molecular formula is C18H16N6O5S. The first-order valence-electron chi connectivity index (χ1n) is 8.54. The first kappa shape index (κ1) is 20.8. The number of amides is 2. The van der Waals surface area contributed by atoms with Crippen LogP contribution >= 0.6 is 11.8 Å². The zero-order chi connectivity index (χ0) is 21.5. The number of nitro benzene ring substituents is 1. The van der Waals surface area contributed by atoms with Crippen molar-refractivity contribution in [3.63, 3.8) is 0 Å². The number of carbonyl (C=O) groups is 2. The van der Waals surface area contributed by atoms with E-state index in [9.17, 15) is 19.7 Å². The number of hydrogen-bond donors (Lipinski definition) is 3. The summed E-state index contributed by atoms with van der Waals surface area (Å²) in [5.74, 6) is 0.755. The van der Waals surface area contributed by atoms with Gasteiger partial charge in [-0.15, -0.1) is 5.10 Å². The Bertz CT molecular complexity index is 1110. The summed E-state index contributed by atoms with van der Waals surface area (Å²) < 4.78 is 5.41. The van der Waals surface area contributed by atoms with Crippen LogP contribution in [0.25, 0.3) is 12.2 Å². The number of rotatable bonds is 7.